The maximum atomic E-state index is 11.8. The number of hydrogen-bond donors (Lipinski definition) is 1. The average molecular weight is 425 g/mol. The van der Waals surface area contributed by atoms with E-state index in [0.717, 1.165) is 61.6 Å². The van der Waals surface area contributed by atoms with Crippen LogP contribution in [0.3, 0.4) is 0 Å². The SMILES string of the molecule is CC(CCN)N1CCC(N(Cc2cccc(C#N)c2)c2ccc([S+](C)[O-])cc2)CC1. The van der Waals surface area contributed by atoms with Crippen LogP contribution in [0, 0.1) is 11.3 Å². The second-order valence-corrected chi connectivity index (χ2v) is 9.46. The molecule has 1 aliphatic heterocycles. The summed E-state index contributed by atoms with van der Waals surface area (Å²) in [5.74, 6) is 0. The van der Waals surface area contributed by atoms with E-state index in [1.165, 1.54) is 0 Å². The molecule has 0 spiro atoms. The first-order valence-electron chi connectivity index (χ1n) is 10.6. The second kappa shape index (κ2) is 10.8. The number of piperidine rings is 1. The van der Waals surface area contributed by atoms with Gasteiger partial charge in [0.05, 0.1) is 11.6 Å². The Kier molecular flexibility index (Phi) is 8.17. The quantitative estimate of drug-likeness (QED) is 0.656. The van der Waals surface area contributed by atoms with E-state index in [-0.39, 0.29) is 0 Å². The molecule has 2 N–H and O–H groups in total. The van der Waals surface area contributed by atoms with Crippen LogP contribution in [0.5, 0.6) is 0 Å². The third kappa shape index (κ3) is 5.77. The minimum absolute atomic E-state index is 0.426. The zero-order chi connectivity index (χ0) is 21.5. The van der Waals surface area contributed by atoms with Gasteiger partial charge in [0.15, 0.2) is 4.90 Å². The fraction of sp³-hybridized carbons (Fsp3) is 0.458. The van der Waals surface area contributed by atoms with Gasteiger partial charge in [-0.2, -0.15) is 5.26 Å². The smallest absolute Gasteiger partial charge is 0.152 e. The predicted molar refractivity (Wildman–Crippen MR) is 124 cm³/mol. The summed E-state index contributed by atoms with van der Waals surface area (Å²) in [5.41, 5.74) is 8.71. The van der Waals surface area contributed by atoms with Crippen molar-refractivity contribution >= 4 is 16.9 Å². The van der Waals surface area contributed by atoms with Crippen molar-refractivity contribution in [1.82, 2.24) is 4.90 Å². The van der Waals surface area contributed by atoms with Crippen molar-refractivity contribution < 1.29 is 4.55 Å². The first-order chi connectivity index (χ1) is 14.5. The van der Waals surface area contributed by atoms with Gasteiger partial charge in [-0.3, -0.25) is 0 Å². The minimum atomic E-state index is -0.981. The highest BCUT2D eigenvalue weighted by atomic mass is 32.2. The molecule has 2 aromatic rings. The standard InChI is InChI=1S/C24H32N4OS/c1-19(10-13-25)27-14-11-23(12-15-27)28(18-21-5-3-4-20(16-21)17-26)22-6-8-24(9-7-22)30(2)29/h3-9,16,19,23H,10-15,18,25H2,1-2H3. The van der Waals surface area contributed by atoms with Crippen molar-refractivity contribution in [2.45, 2.75) is 49.7 Å². The summed E-state index contributed by atoms with van der Waals surface area (Å²) >= 11 is -0.981. The Hall–Kier alpha value is -2.04. The predicted octanol–water partition coefficient (Wildman–Crippen LogP) is 3.50. The summed E-state index contributed by atoms with van der Waals surface area (Å²) in [6.07, 6.45) is 4.92. The molecule has 1 aliphatic rings. The molecule has 0 saturated carbocycles. The van der Waals surface area contributed by atoms with E-state index in [2.05, 4.69) is 41.0 Å². The lowest BCUT2D eigenvalue weighted by Gasteiger charge is -2.42. The summed E-state index contributed by atoms with van der Waals surface area (Å²) in [5, 5.41) is 9.26. The topological polar surface area (TPSA) is 79.3 Å². The van der Waals surface area contributed by atoms with Crippen LogP contribution < -0.4 is 10.6 Å². The zero-order valence-corrected chi connectivity index (χ0v) is 18.8. The lowest BCUT2D eigenvalue weighted by Crippen LogP contribution is -2.47. The molecule has 5 nitrogen and oxygen atoms in total. The highest BCUT2D eigenvalue weighted by Gasteiger charge is 2.27. The van der Waals surface area contributed by atoms with Crippen molar-refractivity contribution in [3.63, 3.8) is 0 Å². The number of nitrogens with zero attached hydrogens (tertiary/aromatic N) is 3. The van der Waals surface area contributed by atoms with Gasteiger partial charge in [0.1, 0.15) is 6.26 Å². The number of rotatable bonds is 8. The third-order valence-corrected chi connectivity index (χ3v) is 6.99. The van der Waals surface area contributed by atoms with Crippen LogP contribution in [0.25, 0.3) is 0 Å². The first kappa shape index (κ1) is 22.6. The van der Waals surface area contributed by atoms with Crippen molar-refractivity contribution in [2.24, 2.45) is 5.73 Å². The molecular formula is C24H32N4OS. The summed E-state index contributed by atoms with van der Waals surface area (Å²) in [4.78, 5) is 5.83. The van der Waals surface area contributed by atoms with E-state index < -0.39 is 11.2 Å². The summed E-state index contributed by atoms with van der Waals surface area (Å²) in [6, 6.07) is 19.1. The number of benzene rings is 2. The second-order valence-electron chi connectivity index (χ2n) is 8.08. The van der Waals surface area contributed by atoms with E-state index >= 15 is 0 Å². The van der Waals surface area contributed by atoms with Crippen molar-refractivity contribution in [3.8, 4) is 6.07 Å². The van der Waals surface area contributed by atoms with Gasteiger partial charge in [-0.25, -0.2) is 0 Å². The highest BCUT2D eigenvalue weighted by molar-refractivity contribution is 7.90. The van der Waals surface area contributed by atoms with Crippen LogP contribution in [0.4, 0.5) is 5.69 Å². The highest BCUT2D eigenvalue weighted by Crippen LogP contribution is 2.28. The Balaban J connectivity index is 1.80. The molecule has 2 atom stereocenters. The summed E-state index contributed by atoms with van der Waals surface area (Å²) in [6.45, 7) is 5.89. The molecule has 30 heavy (non-hydrogen) atoms. The fourth-order valence-electron chi connectivity index (χ4n) is 4.26. The van der Waals surface area contributed by atoms with Crippen LogP contribution in [0.15, 0.2) is 53.4 Å². The molecule has 1 saturated heterocycles. The zero-order valence-electron chi connectivity index (χ0n) is 18.0. The van der Waals surface area contributed by atoms with Gasteiger partial charge in [0.2, 0.25) is 0 Å². The molecule has 3 rings (SSSR count). The van der Waals surface area contributed by atoms with E-state index in [1.54, 1.807) is 6.26 Å². The molecule has 2 aromatic carbocycles. The molecule has 2 unspecified atom stereocenters. The van der Waals surface area contributed by atoms with Crippen molar-refractivity contribution in [3.05, 3.63) is 59.7 Å². The molecule has 0 amide bonds. The van der Waals surface area contributed by atoms with Gasteiger partial charge in [-0.15, -0.1) is 0 Å². The number of hydrogen-bond acceptors (Lipinski definition) is 5. The van der Waals surface area contributed by atoms with Crippen LogP contribution in [0.1, 0.15) is 37.3 Å². The largest absolute Gasteiger partial charge is 0.612 e. The molecular weight excluding hydrogens is 392 g/mol. The van der Waals surface area contributed by atoms with Crippen LogP contribution in [0.2, 0.25) is 0 Å². The monoisotopic (exact) mass is 424 g/mol. The summed E-state index contributed by atoms with van der Waals surface area (Å²) in [7, 11) is 0. The molecule has 0 bridgehead atoms. The molecule has 160 valence electrons. The number of anilines is 1. The Morgan fingerprint density at radius 2 is 1.93 bits per heavy atom. The van der Waals surface area contributed by atoms with E-state index in [0.29, 0.717) is 17.6 Å². The van der Waals surface area contributed by atoms with Gasteiger partial charge in [0, 0.05) is 37.4 Å². The Morgan fingerprint density at radius 1 is 1.23 bits per heavy atom. The molecule has 1 heterocycles. The average Bonchev–Trinajstić information content (AvgIpc) is 2.78. The fourth-order valence-corrected chi connectivity index (χ4v) is 4.78. The minimum Gasteiger partial charge on any atom is -0.612 e. The van der Waals surface area contributed by atoms with Gasteiger partial charge < -0.3 is 20.1 Å². The molecule has 0 aromatic heterocycles. The van der Waals surface area contributed by atoms with Crippen LogP contribution in [-0.4, -0.2) is 47.4 Å². The van der Waals surface area contributed by atoms with E-state index in [4.69, 9.17) is 5.73 Å². The Bertz CT molecular complexity index is 841. The first-order valence-corrected chi connectivity index (χ1v) is 12.2. The number of nitrogens with two attached hydrogens (primary N) is 1. The number of likely N-dealkylation sites (tertiary alicyclic amines) is 1. The number of nitriles is 1. The van der Waals surface area contributed by atoms with Crippen LogP contribution in [-0.2, 0) is 17.7 Å². The molecule has 0 radical (unpaired) electrons. The lowest BCUT2D eigenvalue weighted by atomic mass is 9.99. The normalized spacial score (nSPS) is 17.3. The van der Waals surface area contributed by atoms with Gasteiger partial charge in [0.25, 0.3) is 0 Å². The lowest BCUT2D eigenvalue weighted by molar-refractivity contribution is 0.154. The maximum absolute atomic E-state index is 11.8. The van der Waals surface area contributed by atoms with E-state index in [9.17, 15) is 9.81 Å². The molecule has 1 fully saturated rings. The van der Waals surface area contributed by atoms with Crippen molar-refractivity contribution in [1.29, 1.82) is 5.26 Å². The molecule has 0 aliphatic carbocycles. The third-order valence-electron chi connectivity index (χ3n) is 6.06. The Labute approximate surface area is 183 Å². The van der Waals surface area contributed by atoms with Gasteiger partial charge in [-0.05, 0) is 85.9 Å². The van der Waals surface area contributed by atoms with Crippen molar-refractivity contribution in [2.75, 3.05) is 30.8 Å². The Morgan fingerprint density at radius 3 is 2.53 bits per heavy atom. The van der Waals surface area contributed by atoms with Crippen LogP contribution >= 0.6 is 0 Å². The van der Waals surface area contributed by atoms with E-state index in [1.807, 2.05) is 30.3 Å². The van der Waals surface area contributed by atoms with Gasteiger partial charge >= 0.3 is 0 Å². The molecule has 6 heteroatoms. The summed E-state index contributed by atoms with van der Waals surface area (Å²) < 4.78 is 11.8. The van der Waals surface area contributed by atoms with Gasteiger partial charge in [-0.1, -0.05) is 12.1 Å². The maximum Gasteiger partial charge on any atom is 0.152 e.